The Morgan fingerprint density at radius 1 is 1.56 bits per heavy atom. The van der Waals surface area contributed by atoms with Crippen molar-refractivity contribution in [3.63, 3.8) is 0 Å². The molecular weight excluding hydrogens is 224 g/mol. The second kappa shape index (κ2) is 5.81. The van der Waals surface area contributed by atoms with Crippen molar-refractivity contribution in [2.45, 2.75) is 12.5 Å². The van der Waals surface area contributed by atoms with Gasteiger partial charge >= 0.3 is 0 Å². The van der Waals surface area contributed by atoms with Gasteiger partial charge in [0.05, 0.1) is 18.1 Å². The van der Waals surface area contributed by atoms with Gasteiger partial charge in [0.2, 0.25) is 5.91 Å². The van der Waals surface area contributed by atoms with Crippen LogP contribution in [0.2, 0.25) is 0 Å². The summed E-state index contributed by atoms with van der Waals surface area (Å²) >= 11 is 1.88. The summed E-state index contributed by atoms with van der Waals surface area (Å²) in [4.78, 5) is 19.3. The average Bonchev–Trinajstić information content (AvgIpc) is 2.31. The molecule has 0 aromatic carbocycles. The van der Waals surface area contributed by atoms with E-state index in [1.807, 2.05) is 11.8 Å². The van der Waals surface area contributed by atoms with Crippen molar-refractivity contribution in [3.8, 4) is 0 Å². The predicted octanol–water partition coefficient (Wildman–Crippen LogP) is 0.510. The molecule has 2 rings (SSSR count). The summed E-state index contributed by atoms with van der Waals surface area (Å²) in [6.45, 7) is 0.983. The first-order chi connectivity index (χ1) is 7.84. The molecule has 0 spiro atoms. The highest BCUT2D eigenvalue weighted by molar-refractivity contribution is 7.99. The van der Waals surface area contributed by atoms with Crippen LogP contribution in [0.25, 0.3) is 0 Å². The van der Waals surface area contributed by atoms with Gasteiger partial charge in [0.25, 0.3) is 0 Å². The summed E-state index contributed by atoms with van der Waals surface area (Å²) in [5, 5.41) is 6.10. The number of anilines is 1. The highest BCUT2D eigenvalue weighted by atomic mass is 32.2. The summed E-state index contributed by atoms with van der Waals surface area (Å²) in [6, 6.07) is 0.281. The first kappa shape index (κ1) is 11.3. The van der Waals surface area contributed by atoms with E-state index < -0.39 is 0 Å². The standard InChI is InChI=1S/C10H14N4OS/c15-10(3-8-6-16-2-1-13-8)14-9-4-11-7-12-5-9/h4-5,7-8,13H,1-3,6H2,(H,14,15). The van der Waals surface area contributed by atoms with Crippen LogP contribution >= 0.6 is 11.8 Å². The Morgan fingerprint density at radius 3 is 3.06 bits per heavy atom. The zero-order valence-electron chi connectivity index (χ0n) is 8.85. The van der Waals surface area contributed by atoms with Gasteiger partial charge in [-0.25, -0.2) is 9.97 Å². The lowest BCUT2D eigenvalue weighted by molar-refractivity contribution is -0.116. The van der Waals surface area contributed by atoms with Gasteiger partial charge in [0, 0.05) is 30.5 Å². The molecule has 0 bridgehead atoms. The number of aromatic nitrogens is 2. The predicted molar refractivity (Wildman–Crippen MR) is 64.4 cm³/mol. The minimum absolute atomic E-state index is 0.00907. The lowest BCUT2D eigenvalue weighted by atomic mass is 10.2. The summed E-state index contributed by atoms with van der Waals surface area (Å²) in [5.74, 6) is 2.14. The Labute approximate surface area is 98.4 Å². The van der Waals surface area contributed by atoms with Crippen molar-refractivity contribution < 1.29 is 4.79 Å². The van der Waals surface area contributed by atoms with Gasteiger partial charge in [0.15, 0.2) is 0 Å². The maximum atomic E-state index is 11.7. The van der Waals surface area contributed by atoms with E-state index in [1.165, 1.54) is 6.33 Å². The van der Waals surface area contributed by atoms with Gasteiger partial charge in [-0.05, 0) is 0 Å². The zero-order valence-corrected chi connectivity index (χ0v) is 9.67. The molecule has 86 valence electrons. The molecule has 0 radical (unpaired) electrons. The molecule has 0 saturated carbocycles. The Bertz CT molecular complexity index is 340. The van der Waals surface area contributed by atoms with E-state index in [0.717, 1.165) is 18.1 Å². The second-order valence-corrected chi connectivity index (χ2v) is 4.76. The lowest BCUT2D eigenvalue weighted by Crippen LogP contribution is -2.39. The number of hydrogen-bond donors (Lipinski definition) is 2. The molecule has 1 saturated heterocycles. The average molecular weight is 238 g/mol. The zero-order chi connectivity index (χ0) is 11.2. The van der Waals surface area contributed by atoms with Crippen LogP contribution in [0.5, 0.6) is 0 Å². The van der Waals surface area contributed by atoms with E-state index in [4.69, 9.17) is 0 Å². The second-order valence-electron chi connectivity index (χ2n) is 3.61. The molecule has 1 aromatic heterocycles. The maximum Gasteiger partial charge on any atom is 0.226 e. The summed E-state index contributed by atoms with van der Waals surface area (Å²) in [5.41, 5.74) is 0.649. The molecule has 5 nitrogen and oxygen atoms in total. The molecule has 2 heterocycles. The number of carbonyl (C=O) groups excluding carboxylic acids is 1. The van der Waals surface area contributed by atoms with Crippen LogP contribution in [-0.4, -0.2) is 40.0 Å². The molecule has 6 heteroatoms. The van der Waals surface area contributed by atoms with Gasteiger partial charge in [0.1, 0.15) is 6.33 Å². The van der Waals surface area contributed by atoms with Crippen LogP contribution in [0, 0.1) is 0 Å². The van der Waals surface area contributed by atoms with Crippen molar-refractivity contribution >= 4 is 23.4 Å². The van der Waals surface area contributed by atoms with Gasteiger partial charge < -0.3 is 10.6 Å². The van der Waals surface area contributed by atoms with E-state index in [1.54, 1.807) is 12.4 Å². The number of nitrogens with zero attached hydrogens (tertiary/aromatic N) is 2. The van der Waals surface area contributed by atoms with Crippen LogP contribution in [0.1, 0.15) is 6.42 Å². The Morgan fingerprint density at radius 2 is 2.38 bits per heavy atom. The first-order valence-electron chi connectivity index (χ1n) is 5.20. The van der Waals surface area contributed by atoms with E-state index >= 15 is 0 Å². The SMILES string of the molecule is O=C(CC1CSCCN1)Nc1cncnc1. The summed E-state index contributed by atoms with van der Waals surface area (Å²) in [6.07, 6.45) is 5.12. The molecule has 1 aliphatic heterocycles. The third kappa shape index (κ3) is 3.46. The third-order valence-corrected chi connectivity index (χ3v) is 3.41. The number of amides is 1. The largest absolute Gasteiger partial charge is 0.323 e. The van der Waals surface area contributed by atoms with E-state index in [-0.39, 0.29) is 11.9 Å². The number of rotatable bonds is 3. The topological polar surface area (TPSA) is 66.9 Å². The number of thioether (sulfide) groups is 1. The highest BCUT2D eigenvalue weighted by Gasteiger charge is 2.16. The van der Waals surface area contributed by atoms with Crippen LogP contribution < -0.4 is 10.6 Å². The first-order valence-corrected chi connectivity index (χ1v) is 6.36. The smallest absolute Gasteiger partial charge is 0.226 e. The van der Waals surface area contributed by atoms with E-state index in [2.05, 4.69) is 20.6 Å². The van der Waals surface area contributed by atoms with Crippen molar-refractivity contribution in [2.75, 3.05) is 23.4 Å². The Kier molecular flexibility index (Phi) is 4.12. The quantitative estimate of drug-likeness (QED) is 0.803. The molecule has 1 amide bonds. The van der Waals surface area contributed by atoms with Crippen LogP contribution in [0.4, 0.5) is 5.69 Å². The fourth-order valence-corrected chi connectivity index (χ4v) is 2.50. The summed E-state index contributed by atoms with van der Waals surface area (Å²) < 4.78 is 0. The van der Waals surface area contributed by atoms with Gasteiger partial charge in [-0.1, -0.05) is 0 Å². The normalized spacial score (nSPS) is 20.4. The minimum Gasteiger partial charge on any atom is -0.323 e. The molecule has 16 heavy (non-hydrogen) atoms. The number of nitrogens with one attached hydrogen (secondary N) is 2. The van der Waals surface area contributed by atoms with Gasteiger partial charge in [-0.3, -0.25) is 4.79 Å². The maximum absolute atomic E-state index is 11.7. The van der Waals surface area contributed by atoms with Crippen molar-refractivity contribution in [3.05, 3.63) is 18.7 Å². The number of hydrogen-bond acceptors (Lipinski definition) is 5. The lowest BCUT2D eigenvalue weighted by Gasteiger charge is -2.22. The fraction of sp³-hybridized carbons (Fsp3) is 0.500. The van der Waals surface area contributed by atoms with Crippen LogP contribution in [0.15, 0.2) is 18.7 Å². The Balaban J connectivity index is 1.80. The number of carbonyl (C=O) groups is 1. The molecule has 0 aliphatic carbocycles. The molecular formula is C10H14N4OS. The molecule has 1 aliphatic rings. The van der Waals surface area contributed by atoms with Crippen LogP contribution in [-0.2, 0) is 4.79 Å². The minimum atomic E-state index is 0.00907. The van der Waals surface area contributed by atoms with E-state index in [0.29, 0.717) is 12.1 Å². The highest BCUT2D eigenvalue weighted by Crippen LogP contribution is 2.11. The van der Waals surface area contributed by atoms with Crippen LogP contribution in [0.3, 0.4) is 0 Å². The van der Waals surface area contributed by atoms with Crippen molar-refractivity contribution in [1.82, 2.24) is 15.3 Å². The van der Waals surface area contributed by atoms with Crippen molar-refractivity contribution in [1.29, 1.82) is 0 Å². The molecule has 1 atom stereocenters. The molecule has 2 N–H and O–H groups in total. The monoisotopic (exact) mass is 238 g/mol. The van der Waals surface area contributed by atoms with Gasteiger partial charge in [-0.15, -0.1) is 0 Å². The van der Waals surface area contributed by atoms with Crippen molar-refractivity contribution in [2.24, 2.45) is 0 Å². The van der Waals surface area contributed by atoms with E-state index in [9.17, 15) is 4.79 Å². The molecule has 1 unspecified atom stereocenters. The third-order valence-electron chi connectivity index (χ3n) is 2.27. The Hall–Kier alpha value is -1.14. The fourth-order valence-electron chi connectivity index (χ4n) is 1.55. The summed E-state index contributed by atoms with van der Waals surface area (Å²) in [7, 11) is 0. The van der Waals surface area contributed by atoms with Gasteiger partial charge in [-0.2, -0.15) is 11.8 Å². The molecule has 1 fully saturated rings. The molecule has 1 aromatic rings.